The Bertz CT molecular complexity index is 634. The van der Waals surface area contributed by atoms with Gasteiger partial charge in [0, 0.05) is 17.1 Å². The van der Waals surface area contributed by atoms with Gasteiger partial charge in [0.15, 0.2) is 11.5 Å². The quantitative estimate of drug-likeness (QED) is 0.768. The van der Waals surface area contributed by atoms with Gasteiger partial charge in [0.05, 0.1) is 12.0 Å². The predicted molar refractivity (Wildman–Crippen MR) is 83.3 cm³/mol. The Morgan fingerprint density at radius 1 is 1.52 bits per heavy atom. The first-order valence-electron chi connectivity index (χ1n) is 7.51. The van der Waals surface area contributed by atoms with Gasteiger partial charge in [0.25, 0.3) is 5.91 Å². The van der Waals surface area contributed by atoms with Crippen LogP contribution >= 0.6 is 15.9 Å². The molecule has 1 spiro atoms. The lowest BCUT2D eigenvalue weighted by Gasteiger charge is -2.29. The second-order valence-corrected chi connectivity index (χ2v) is 6.87. The first-order valence-corrected chi connectivity index (χ1v) is 8.30. The molecule has 1 amide bonds. The Kier molecular flexibility index (Phi) is 4.63. The number of amides is 1. The molecule has 6 nitrogen and oxygen atoms in total. The number of hydrogen-bond acceptors (Lipinski definition) is 5. The van der Waals surface area contributed by atoms with E-state index in [0.717, 1.165) is 25.9 Å². The SMILES string of the molecule is O=C(NCC1CC2(CCNCC2)C(=O)O1)c1ncc(Br)cc1F. The lowest BCUT2D eigenvalue weighted by atomic mass is 9.76. The van der Waals surface area contributed by atoms with Crippen molar-refractivity contribution in [2.75, 3.05) is 19.6 Å². The molecule has 23 heavy (non-hydrogen) atoms. The Morgan fingerprint density at radius 3 is 2.96 bits per heavy atom. The van der Waals surface area contributed by atoms with Crippen LogP contribution in [-0.2, 0) is 9.53 Å². The van der Waals surface area contributed by atoms with Crippen LogP contribution in [0.25, 0.3) is 0 Å². The molecule has 0 aliphatic carbocycles. The molecule has 3 rings (SSSR count). The molecule has 2 saturated heterocycles. The number of piperidine rings is 1. The van der Waals surface area contributed by atoms with Crippen LogP contribution in [0, 0.1) is 11.2 Å². The minimum atomic E-state index is -0.699. The molecule has 0 saturated carbocycles. The summed E-state index contributed by atoms with van der Waals surface area (Å²) in [6.45, 7) is 1.75. The van der Waals surface area contributed by atoms with E-state index in [1.807, 2.05) is 0 Å². The van der Waals surface area contributed by atoms with Gasteiger partial charge in [-0.05, 0) is 47.9 Å². The third-order valence-corrected chi connectivity index (χ3v) is 4.83. The molecule has 1 aromatic heterocycles. The van der Waals surface area contributed by atoms with Crippen molar-refractivity contribution in [3.63, 3.8) is 0 Å². The first-order chi connectivity index (χ1) is 11.0. The summed E-state index contributed by atoms with van der Waals surface area (Å²) in [5, 5.41) is 5.82. The summed E-state index contributed by atoms with van der Waals surface area (Å²) in [6, 6.07) is 1.18. The maximum absolute atomic E-state index is 13.7. The molecule has 1 aromatic rings. The number of nitrogens with one attached hydrogen (secondary N) is 2. The number of halogens is 2. The smallest absolute Gasteiger partial charge is 0.312 e. The number of hydrogen-bond donors (Lipinski definition) is 2. The molecular weight excluding hydrogens is 369 g/mol. The summed E-state index contributed by atoms with van der Waals surface area (Å²) >= 11 is 3.09. The highest BCUT2D eigenvalue weighted by atomic mass is 79.9. The van der Waals surface area contributed by atoms with Crippen molar-refractivity contribution in [2.45, 2.75) is 25.4 Å². The third kappa shape index (κ3) is 3.37. The van der Waals surface area contributed by atoms with Crippen LogP contribution in [-0.4, -0.2) is 42.6 Å². The largest absolute Gasteiger partial charge is 0.460 e. The van der Waals surface area contributed by atoms with Gasteiger partial charge in [-0.25, -0.2) is 9.37 Å². The minimum absolute atomic E-state index is 0.164. The number of rotatable bonds is 3. The Labute approximate surface area is 141 Å². The van der Waals surface area contributed by atoms with E-state index < -0.39 is 17.1 Å². The Morgan fingerprint density at radius 2 is 2.26 bits per heavy atom. The zero-order valence-corrected chi connectivity index (χ0v) is 14.0. The van der Waals surface area contributed by atoms with E-state index in [0.29, 0.717) is 10.9 Å². The zero-order valence-electron chi connectivity index (χ0n) is 12.4. The highest BCUT2D eigenvalue weighted by Gasteiger charge is 2.49. The lowest BCUT2D eigenvalue weighted by molar-refractivity contribution is -0.149. The molecule has 0 radical (unpaired) electrons. The number of carbonyl (C=O) groups is 2. The van der Waals surface area contributed by atoms with E-state index in [2.05, 4.69) is 31.5 Å². The molecule has 3 heterocycles. The second kappa shape index (κ2) is 6.52. The molecule has 2 fully saturated rings. The van der Waals surface area contributed by atoms with Crippen LogP contribution in [0.4, 0.5) is 4.39 Å². The van der Waals surface area contributed by atoms with Gasteiger partial charge in [-0.1, -0.05) is 0 Å². The van der Waals surface area contributed by atoms with Gasteiger partial charge >= 0.3 is 5.97 Å². The highest BCUT2D eigenvalue weighted by Crippen LogP contribution is 2.41. The minimum Gasteiger partial charge on any atom is -0.460 e. The normalized spacial score (nSPS) is 22.9. The molecule has 1 atom stereocenters. The van der Waals surface area contributed by atoms with Crippen molar-refractivity contribution < 1.29 is 18.7 Å². The van der Waals surface area contributed by atoms with E-state index in [-0.39, 0.29) is 24.3 Å². The Balaban J connectivity index is 1.58. The Hall–Kier alpha value is -1.54. The van der Waals surface area contributed by atoms with E-state index in [1.165, 1.54) is 12.3 Å². The summed E-state index contributed by atoms with van der Waals surface area (Å²) in [4.78, 5) is 27.9. The maximum atomic E-state index is 13.7. The summed E-state index contributed by atoms with van der Waals surface area (Å²) < 4.78 is 19.6. The van der Waals surface area contributed by atoms with Crippen molar-refractivity contribution in [1.29, 1.82) is 0 Å². The summed E-state index contributed by atoms with van der Waals surface area (Å²) in [6.07, 6.45) is 3.07. The van der Waals surface area contributed by atoms with Gasteiger partial charge in [-0.2, -0.15) is 0 Å². The summed E-state index contributed by atoms with van der Waals surface area (Å²) in [7, 11) is 0. The van der Waals surface area contributed by atoms with Gasteiger partial charge < -0.3 is 15.4 Å². The molecule has 2 aliphatic heterocycles. The molecule has 2 aliphatic rings. The number of carbonyl (C=O) groups excluding carboxylic acids is 2. The summed E-state index contributed by atoms with van der Waals surface area (Å²) in [5.41, 5.74) is -0.698. The average molecular weight is 386 g/mol. The van der Waals surface area contributed by atoms with Crippen molar-refractivity contribution in [3.8, 4) is 0 Å². The highest BCUT2D eigenvalue weighted by molar-refractivity contribution is 9.10. The van der Waals surface area contributed by atoms with Crippen molar-refractivity contribution >= 4 is 27.8 Å². The molecule has 0 aromatic carbocycles. The van der Waals surface area contributed by atoms with Crippen LogP contribution in [0.15, 0.2) is 16.7 Å². The van der Waals surface area contributed by atoms with Crippen molar-refractivity contribution in [2.24, 2.45) is 5.41 Å². The average Bonchev–Trinajstić information content (AvgIpc) is 2.81. The van der Waals surface area contributed by atoms with Gasteiger partial charge in [-0.3, -0.25) is 9.59 Å². The van der Waals surface area contributed by atoms with Gasteiger partial charge in [0.1, 0.15) is 6.10 Å². The van der Waals surface area contributed by atoms with Crippen LogP contribution in [0.1, 0.15) is 29.8 Å². The topological polar surface area (TPSA) is 80.3 Å². The number of ether oxygens (including phenoxy) is 1. The molecular formula is C15H17BrFN3O3. The fourth-order valence-corrected chi connectivity index (χ4v) is 3.44. The number of pyridine rings is 1. The predicted octanol–water partition coefficient (Wildman–Crippen LogP) is 1.40. The fraction of sp³-hybridized carbons (Fsp3) is 0.533. The van der Waals surface area contributed by atoms with Gasteiger partial charge in [0.2, 0.25) is 0 Å². The fourth-order valence-electron chi connectivity index (χ4n) is 3.14. The van der Waals surface area contributed by atoms with E-state index in [4.69, 9.17) is 4.74 Å². The van der Waals surface area contributed by atoms with Crippen LogP contribution in [0.2, 0.25) is 0 Å². The molecule has 1 unspecified atom stereocenters. The first kappa shape index (κ1) is 16.3. The van der Waals surface area contributed by atoms with Crippen molar-refractivity contribution in [1.82, 2.24) is 15.6 Å². The van der Waals surface area contributed by atoms with E-state index >= 15 is 0 Å². The van der Waals surface area contributed by atoms with Crippen LogP contribution in [0.3, 0.4) is 0 Å². The van der Waals surface area contributed by atoms with Gasteiger partial charge in [-0.15, -0.1) is 0 Å². The molecule has 8 heteroatoms. The number of esters is 1. The summed E-state index contributed by atoms with van der Waals surface area (Å²) in [5.74, 6) is -1.50. The number of cyclic esters (lactones) is 1. The molecule has 2 N–H and O–H groups in total. The standard InChI is InChI=1S/C15H17BrFN3O3/c16-9-5-11(17)12(19-7-9)13(21)20-8-10-6-15(14(22)23-10)1-3-18-4-2-15/h5,7,10,18H,1-4,6,8H2,(H,20,21). The lowest BCUT2D eigenvalue weighted by Crippen LogP contribution is -2.40. The monoisotopic (exact) mass is 385 g/mol. The zero-order chi connectivity index (χ0) is 16.4. The molecule has 124 valence electrons. The van der Waals surface area contributed by atoms with Crippen LogP contribution in [0.5, 0.6) is 0 Å². The van der Waals surface area contributed by atoms with Crippen LogP contribution < -0.4 is 10.6 Å². The number of nitrogens with zero attached hydrogens (tertiary/aromatic N) is 1. The maximum Gasteiger partial charge on any atom is 0.312 e. The van der Waals surface area contributed by atoms with E-state index in [1.54, 1.807) is 0 Å². The van der Waals surface area contributed by atoms with E-state index in [9.17, 15) is 14.0 Å². The van der Waals surface area contributed by atoms with Crippen molar-refractivity contribution in [3.05, 3.63) is 28.2 Å². The number of aromatic nitrogens is 1. The second-order valence-electron chi connectivity index (χ2n) is 5.96. The third-order valence-electron chi connectivity index (χ3n) is 4.40. The molecule has 0 bridgehead atoms.